The van der Waals surface area contributed by atoms with Crippen LogP contribution in [0.1, 0.15) is 6.92 Å². The fourth-order valence-corrected chi connectivity index (χ4v) is 0.385. The zero-order chi connectivity index (χ0) is 4.99. The topological polar surface area (TPSA) is 0 Å². The summed E-state index contributed by atoms with van der Waals surface area (Å²) in [5.41, 5.74) is 0. The van der Waals surface area contributed by atoms with Gasteiger partial charge in [-0.1, -0.05) is 0 Å². The third kappa shape index (κ3) is 4.93. The average Bonchev–Trinajstić information content (AvgIpc) is 1.35. The molecule has 2 heteroatoms. The van der Waals surface area contributed by atoms with E-state index in [1.165, 1.54) is 0 Å². The van der Waals surface area contributed by atoms with Crippen molar-refractivity contribution in [3.63, 3.8) is 0 Å². The minimum atomic E-state index is 0.718. The van der Waals surface area contributed by atoms with Crippen LogP contribution in [0.5, 0.6) is 0 Å². The molecule has 6 heavy (non-hydrogen) atoms. The van der Waals surface area contributed by atoms with E-state index in [1.807, 2.05) is 6.92 Å². The quantitative estimate of drug-likeness (QED) is 0.312. The van der Waals surface area contributed by atoms with Crippen molar-refractivity contribution in [1.82, 2.24) is 0 Å². The molecule has 0 radical (unpaired) electrons. The maximum atomic E-state index is 2.17. The fourth-order valence-electron chi connectivity index (χ4n) is 0.385. The Morgan fingerprint density at radius 2 is 2.00 bits per heavy atom. The van der Waals surface area contributed by atoms with Gasteiger partial charge in [-0.05, 0) is 0 Å². The van der Waals surface area contributed by atoms with Crippen molar-refractivity contribution < 1.29 is 0 Å². The molecule has 0 fully saturated rings. The summed E-state index contributed by atoms with van der Waals surface area (Å²) in [4.78, 5) is 0. The molecule has 0 amide bonds. The monoisotopic (exact) mass is 68.1 g/mol. The molecule has 0 unspecified atom stereocenters. The molecule has 24 valence electrons. The van der Waals surface area contributed by atoms with E-state index in [0.29, 0.717) is 0 Å². The first-order chi connectivity index (χ1) is 2.77. The number of allylic oxidation sites excluding steroid dienone is 2. The van der Waals surface area contributed by atoms with Crippen LogP contribution < -0.4 is 0 Å². The summed E-state index contributed by atoms with van der Waals surface area (Å²) in [6.45, 7) is 2.04. The predicted octanol–water partition coefficient (Wildman–Crippen LogP) is 0.645. The average molecular weight is 68.0 g/mol. The van der Waals surface area contributed by atoms with Crippen LogP contribution in [-0.4, -0.2) is 35.4 Å². The van der Waals surface area contributed by atoms with Crippen molar-refractivity contribution >= 4 is 35.4 Å². The van der Waals surface area contributed by atoms with Crippen molar-refractivity contribution in [2.45, 2.75) is 10.2 Å². The Kier molecular flexibility index (Phi) is 4.74. The third-order valence-corrected chi connectivity index (χ3v) is 0.577. The maximum absolute atomic E-state index is 2.17. The molecule has 0 nitrogen and oxygen atoms in total. The van der Waals surface area contributed by atoms with E-state index in [9.17, 15) is 0 Å². The number of hydrogen-bond acceptors (Lipinski definition) is 0. The normalized spacial score (nSPS) is 11.7. The van der Waals surface area contributed by atoms with Crippen LogP contribution in [0.15, 0.2) is 12.2 Å². The number of hydrogen-bond donors (Lipinski definition) is 0. The van der Waals surface area contributed by atoms with Crippen LogP contribution in [0, 0.1) is 0 Å². The van der Waals surface area contributed by atoms with Gasteiger partial charge in [0.25, 0.3) is 0 Å². The van der Waals surface area contributed by atoms with Crippen LogP contribution in [0.3, 0.4) is 0 Å². The Hall–Kier alpha value is 0.935. The first-order valence-corrected chi connectivity index (χ1v) is 2.40. The summed E-state index contributed by atoms with van der Waals surface area (Å²) in [7, 11) is 0. The van der Waals surface area contributed by atoms with Gasteiger partial charge in [-0.2, -0.15) is 0 Å². The van der Waals surface area contributed by atoms with Gasteiger partial charge < -0.3 is 0 Å². The summed E-state index contributed by atoms with van der Waals surface area (Å²) in [6, 6.07) is 0. The standard InChI is InChI=1S/C4H6.2Li/c1-3-4-2;;/h1,3-4H,2H3;;. The Balaban J connectivity index is 3.03. The minimum absolute atomic E-state index is 0.718. The second-order valence-corrected chi connectivity index (χ2v) is 1.77. The van der Waals surface area contributed by atoms with Crippen LogP contribution in [-0.2, 0) is 0 Å². The molecule has 0 N–H and O–H groups in total. The molecule has 0 atom stereocenters. The molecule has 0 aromatic carbocycles. The first kappa shape index (κ1) is 6.93. The van der Waals surface area contributed by atoms with E-state index in [-0.39, 0.29) is 0 Å². The molecule has 0 saturated heterocycles. The Bertz CT molecular complexity index is 47.5. The zero-order valence-electron chi connectivity index (χ0n) is 4.73. The molecule has 0 saturated carbocycles. The Labute approximate surface area is 57.8 Å². The van der Waals surface area contributed by atoms with Crippen molar-refractivity contribution in [3.8, 4) is 0 Å². The van der Waals surface area contributed by atoms with Crippen LogP contribution >= 0.6 is 0 Å². The molecule has 0 aliphatic heterocycles. The summed E-state index contributed by atoms with van der Waals surface area (Å²) in [5, 5.41) is 0. The van der Waals surface area contributed by atoms with Gasteiger partial charge in [-0.3, -0.25) is 0 Å². The second-order valence-electron chi connectivity index (χ2n) is 1.77. The van der Waals surface area contributed by atoms with E-state index in [0.717, 1.165) is 3.26 Å². The van der Waals surface area contributed by atoms with Gasteiger partial charge >= 0.3 is 57.8 Å². The molecular weight excluding hydrogens is 61.9 g/mol. The summed E-state index contributed by atoms with van der Waals surface area (Å²) >= 11 is 4.33. The van der Waals surface area contributed by atoms with E-state index in [1.54, 1.807) is 0 Å². The van der Waals surface area contributed by atoms with Crippen LogP contribution in [0.4, 0.5) is 0 Å². The molecule has 0 heterocycles. The van der Waals surface area contributed by atoms with Crippen LogP contribution in [0.25, 0.3) is 0 Å². The van der Waals surface area contributed by atoms with Crippen molar-refractivity contribution in [2.24, 2.45) is 0 Å². The molecular formula is C4H6Li2. The SMILES string of the molecule is [Li][CH]([Li])C=CC. The Morgan fingerprint density at radius 3 is 2.00 bits per heavy atom. The molecule has 0 bridgehead atoms. The van der Waals surface area contributed by atoms with Crippen molar-refractivity contribution in [2.75, 3.05) is 0 Å². The van der Waals surface area contributed by atoms with Gasteiger partial charge in [-0.15, -0.1) is 0 Å². The van der Waals surface area contributed by atoms with Gasteiger partial charge in [0.1, 0.15) is 0 Å². The summed E-state index contributed by atoms with van der Waals surface area (Å²) < 4.78 is 0.718. The molecule has 0 aliphatic rings. The van der Waals surface area contributed by atoms with Gasteiger partial charge in [0.05, 0.1) is 0 Å². The van der Waals surface area contributed by atoms with E-state index < -0.39 is 0 Å². The van der Waals surface area contributed by atoms with Gasteiger partial charge in [0, 0.05) is 0 Å². The first-order valence-electron chi connectivity index (χ1n) is 2.40. The summed E-state index contributed by atoms with van der Waals surface area (Å²) in [5.74, 6) is 0. The van der Waals surface area contributed by atoms with Crippen molar-refractivity contribution in [3.05, 3.63) is 12.2 Å². The Morgan fingerprint density at radius 1 is 1.50 bits per heavy atom. The number of rotatable bonds is 1. The van der Waals surface area contributed by atoms with E-state index >= 15 is 0 Å². The van der Waals surface area contributed by atoms with Crippen molar-refractivity contribution in [1.29, 1.82) is 0 Å². The predicted molar refractivity (Wildman–Crippen MR) is 30.1 cm³/mol. The van der Waals surface area contributed by atoms with Gasteiger partial charge in [-0.25, -0.2) is 0 Å². The van der Waals surface area contributed by atoms with Gasteiger partial charge in [0.15, 0.2) is 0 Å². The zero-order valence-corrected chi connectivity index (χ0v) is 4.73. The molecule has 0 rings (SSSR count). The van der Waals surface area contributed by atoms with E-state index in [2.05, 4.69) is 47.6 Å². The van der Waals surface area contributed by atoms with Crippen LogP contribution in [0.2, 0.25) is 3.26 Å². The van der Waals surface area contributed by atoms with E-state index in [4.69, 9.17) is 0 Å². The second kappa shape index (κ2) is 4.10. The molecule has 0 aliphatic carbocycles. The molecule has 0 aromatic heterocycles. The fraction of sp³-hybridized carbons (Fsp3) is 0.500. The molecule has 0 spiro atoms. The molecule has 0 aromatic rings. The third-order valence-electron chi connectivity index (χ3n) is 0.577. The summed E-state index contributed by atoms with van der Waals surface area (Å²) in [6.07, 6.45) is 4.24. The van der Waals surface area contributed by atoms with Gasteiger partial charge in [0.2, 0.25) is 0 Å².